The minimum atomic E-state index is -0.998. The van der Waals surface area contributed by atoms with Crippen molar-refractivity contribution in [1.29, 1.82) is 0 Å². The Balaban J connectivity index is 1.91. The summed E-state index contributed by atoms with van der Waals surface area (Å²) in [6.07, 6.45) is 17.8. The minimum Gasteiger partial charge on any atom is -0.394 e. The number of aliphatic hydroxyl groups is 3. The van der Waals surface area contributed by atoms with Crippen molar-refractivity contribution in [2.24, 2.45) is 0 Å². The SMILES string of the molecule is CCCCCCCCCCC/C=C/CCCCO[C@@H]1[C@@H](O)[C@H](O)CO[C@H]1CO. The average molecular weight is 401 g/mol. The molecule has 1 saturated heterocycles. The summed E-state index contributed by atoms with van der Waals surface area (Å²) in [6, 6.07) is 0. The van der Waals surface area contributed by atoms with Crippen LogP contribution in [0.25, 0.3) is 0 Å². The van der Waals surface area contributed by atoms with Crippen LogP contribution in [0.5, 0.6) is 0 Å². The van der Waals surface area contributed by atoms with Gasteiger partial charge in [-0.1, -0.05) is 70.4 Å². The van der Waals surface area contributed by atoms with Crippen LogP contribution in [0.1, 0.15) is 90.4 Å². The van der Waals surface area contributed by atoms with E-state index in [0.29, 0.717) is 6.61 Å². The maximum atomic E-state index is 9.99. The van der Waals surface area contributed by atoms with E-state index in [0.717, 1.165) is 19.3 Å². The van der Waals surface area contributed by atoms with Crippen LogP contribution in [0, 0.1) is 0 Å². The summed E-state index contributed by atoms with van der Waals surface area (Å²) in [5.74, 6) is 0. The third kappa shape index (κ3) is 11.5. The molecule has 0 bridgehead atoms. The molecule has 5 heteroatoms. The van der Waals surface area contributed by atoms with Gasteiger partial charge in [-0.05, 0) is 32.1 Å². The predicted molar refractivity (Wildman–Crippen MR) is 113 cm³/mol. The highest BCUT2D eigenvalue weighted by atomic mass is 16.6. The summed E-state index contributed by atoms with van der Waals surface area (Å²) in [4.78, 5) is 0. The van der Waals surface area contributed by atoms with Crippen molar-refractivity contribution >= 4 is 0 Å². The summed E-state index contributed by atoms with van der Waals surface area (Å²) >= 11 is 0. The van der Waals surface area contributed by atoms with E-state index in [1.54, 1.807) is 0 Å². The molecule has 1 aliphatic heterocycles. The zero-order chi connectivity index (χ0) is 20.5. The molecular weight excluding hydrogens is 356 g/mol. The minimum absolute atomic E-state index is 0.0377. The Morgan fingerprint density at radius 2 is 1.43 bits per heavy atom. The monoisotopic (exact) mass is 400 g/mol. The van der Waals surface area contributed by atoms with Gasteiger partial charge in [0.1, 0.15) is 24.4 Å². The van der Waals surface area contributed by atoms with Crippen molar-refractivity contribution in [1.82, 2.24) is 0 Å². The Morgan fingerprint density at radius 1 is 0.857 bits per heavy atom. The molecule has 0 spiro atoms. The number of hydrogen-bond donors (Lipinski definition) is 3. The van der Waals surface area contributed by atoms with Gasteiger partial charge in [-0.3, -0.25) is 0 Å². The van der Waals surface area contributed by atoms with E-state index >= 15 is 0 Å². The van der Waals surface area contributed by atoms with Crippen LogP contribution in [-0.4, -0.2) is 59.6 Å². The fourth-order valence-electron chi connectivity index (χ4n) is 3.61. The number of allylic oxidation sites excluding steroid dienone is 2. The molecule has 0 aromatic rings. The fourth-order valence-corrected chi connectivity index (χ4v) is 3.61. The standard InChI is InChI=1S/C23H44O5/c1-2-3-4-5-6-7-8-9-10-11-12-13-14-15-16-17-27-23-21(18-24)28-19-20(25)22(23)26/h12-13,20-26H,2-11,14-19H2,1H3/b13-12+/t20-,21+,22+,23+/m1/s1. The third-order valence-corrected chi connectivity index (χ3v) is 5.47. The predicted octanol–water partition coefficient (Wildman–Crippen LogP) is 4.13. The molecule has 0 unspecified atom stereocenters. The van der Waals surface area contributed by atoms with Crippen LogP contribution < -0.4 is 0 Å². The first kappa shape index (κ1) is 25.6. The molecule has 1 heterocycles. The van der Waals surface area contributed by atoms with E-state index in [1.807, 2.05) is 0 Å². The van der Waals surface area contributed by atoms with Crippen LogP contribution in [0.2, 0.25) is 0 Å². The summed E-state index contributed by atoms with van der Waals surface area (Å²) in [7, 11) is 0. The lowest BCUT2D eigenvalue weighted by Gasteiger charge is -2.37. The second-order valence-electron chi connectivity index (χ2n) is 8.03. The smallest absolute Gasteiger partial charge is 0.114 e. The zero-order valence-corrected chi connectivity index (χ0v) is 17.9. The summed E-state index contributed by atoms with van der Waals surface area (Å²) in [5, 5.41) is 28.9. The van der Waals surface area contributed by atoms with Gasteiger partial charge >= 0.3 is 0 Å². The molecule has 0 saturated carbocycles. The lowest BCUT2D eigenvalue weighted by Crippen LogP contribution is -2.55. The van der Waals surface area contributed by atoms with Crippen molar-refractivity contribution in [3.8, 4) is 0 Å². The number of ether oxygens (including phenoxy) is 2. The van der Waals surface area contributed by atoms with Gasteiger partial charge in [0.05, 0.1) is 13.2 Å². The zero-order valence-electron chi connectivity index (χ0n) is 17.9. The molecule has 0 aromatic heterocycles. The van der Waals surface area contributed by atoms with E-state index < -0.39 is 24.4 Å². The number of aliphatic hydroxyl groups excluding tert-OH is 3. The molecule has 1 aliphatic rings. The molecule has 5 nitrogen and oxygen atoms in total. The first-order valence-corrected chi connectivity index (χ1v) is 11.6. The van der Waals surface area contributed by atoms with Gasteiger partial charge in [-0.25, -0.2) is 0 Å². The topological polar surface area (TPSA) is 79.2 Å². The van der Waals surface area contributed by atoms with Gasteiger partial charge < -0.3 is 24.8 Å². The fraction of sp³-hybridized carbons (Fsp3) is 0.913. The molecule has 166 valence electrons. The molecule has 1 rings (SSSR count). The lowest BCUT2D eigenvalue weighted by molar-refractivity contribution is -0.211. The van der Waals surface area contributed by atoms with E-state index in [1.165, 1.54) is 64.2 Å². The Kier molecular flexibility index (Phi) is 15.9. The van der Waals surface area contributed by atoms with Crippen molar-refractivity contribution in [2.75, 3.05) is 19.8 Å². The van der Waals surface area contributed by atoms with Crippen LogP contribution in [0.15, 0.2) is 12.2 Å². The van der Waals surface area contributed by atoms with Crippen molar-refractivity contribution in [3.63, 3.8) is 0 Å². The molecule has 4 atom stereocenters. The normalized spacial score (nSPS) is 25.6. The third-order valence-electron chi connectivity index (χ3n) is 5.47. The Morgan fingerprint density at radius 3 is 2.04 bits per heavy atom. The molecule has 0 amide bonds. The molecular formula is C23H44O5. The molecule has 28 heavy (non-hydrogen) atoms. The van der Waals surface area contributed by atoms with Crippen LogP contribution in [0.3, 0.4) is 0 Å². The molecule has 0 aromatic carbocycles. The van der Waals surface area contributed by atoms with Gasteiger partial charge in [0.2, 0.25) is 0 Å². The molecule has 0 aliphatic carbocycles. The summed E-state index contributed by atoms with van der Waals surface area (Å²) < 4.78 is 11.0. The lowest BCUT2D eigenvalue weighted by atomic mass is 10.0. The highest BCUT2D eigenvalue weighted by Crippen LogP contribution is 2.19. The van der Waals surface area contributed by atoms with Gasteiger partial charge in [0.15, 0.2) is 0 Å². The maximum Gasteiger partial charge on any atom is 0.114 e. The van der Waals surface area contributed by atoms with Gasteiger partial charge in [-0.2, -0.15) is 0 Å². The largest absolute Gasteiger partial charge is 0.394 e. The summed E-state index contributed by atoms with van der Waals surface area (Å²) in [5.41, 5.74) is 0. The Bertz CT molecular complexity index is 372. The highest BCUT2D eigenvalue weighted by Gasteiger charge is 2.39. The van der Waals surface area contributed by atoms with Crippen molar-refractivity contribution in [3.05, 3.63) is 12.2 Å². The van der Waals surface area contributed by atoms with Crippen molar-refractivity contribution in [2.45, 2.75) is 115 Å². The first-order valence-electron chi connectivity index (χ1n) is 11.6. The van der Waals surface area contributed by atoms with E-state index in [-0.39, 0.29) is 13.2 Å². The number of hydrogen-bond acceptors (Lipinski definition) is 5. The van der Waals surface area contributed by atoms with Gasteiger partial charge in [0, 0.05) is 6.61 Å². The van der Waals surface area contributed by atoms with E-state index in [4.69, 9.17) is 9.47 Å². The van der Waals surface area contributed by atoms with Crippen molar-refractivity contribution < 1.29 is 24.8 Å². The number of unbranched alkanes of at least 4 members (excludes halogenated alkanes) is 11. The number of rotatable bonds is 17. The molecule has 0 radical (unpaired) electrons. The Hall–Kier alpha value is -0.460. The summed E-state index contributed by atoms with van der Waals surface area (Å²) in [6.45, 7) is 2.59. The average Bonchev–Trinajstić information content (AvgIpc) is 2.70. The Labute approximate surface area is 172 Å². The van der Waals surface area contributed by atoms with Gasteiger partial charge in [-0.15, -0.1) is 0 Å². The molecule has 1 fully saturated rings. The van der Waals surface area contributed by atoms with Crippen LogP contribution >= 0.6 is 0 Å². The second kappa shape index (κ2) is 17.4. The molecule has 3 N–H and O–H groups in total. The highest BCUT2D eigenvalue weighted by molar-refractivity contribution is 4.87. The van der Waals surface area contributed by atoms with Crippen LogP contribution in [-0.2, 0) is 9.47 Å². The second-order valence-corrected chi connectivity index (χ2v) is 8.03. The van der Waals surface area contributed by atoms with E-state index in [2.05, 4.69) is 19.1 Å². The maximum absolute atomic E-state index is 9.99. The van der Waals surface area contributed by atoms with Crippen LogP contribution in [0.4, 0.5) is 0 Å². The van der Waals surface area contributed by atoms with Gasteiger partial charge in [0.25, 0.3) is 0 Å². The first-order chi connectivity index (χ1) is 13.7. The van der Waals surface area contributed by atoms with E-state index in [9.17, 15) is 15.3 Å². The quantitative estimate of drug-likeness (QED) is 0.253.